The maximum absolute atomic E-state index is 11.2. The van der Waals surface area contributed by atoms with Gasteiger partial charge in [0.25, 0.3) is 0 Å². The summed E-state index contributed by atoms with van der Waals surface area (Å²) >= 11 is 0. The van der Waals surface area contributed by atoms with Gasteiger partial charge in [-0.3, -0.25) is 4.79 Å². The average Bonchev–Trinajstić information content (AvgIpc) is 2.90. The molecule has 0 aliphatic heterocycles. The summed E-state index contributed by atoms with van der Waals surface area (Å²) in [4.78, 5) is 15.7. The quantitative estimate of drug-likeness (QED) is 0.790. The molecule has 2 aromatic heterocycles. The van der Waals surface area contributed by atoms with Gasteiger partial charge < -0.3 is 14.9 Å². The zero-order valence-electron chi connectivity index (χ0n) is 10.9. The Labute approximate surface area is 115 Å². The number of nitrogens with two attached hydrogens (primary N) is 1. The molecular formula is C15H13N3O2. The van der Waals surface area contributed by atoms with Gasteiger partial charge in [-0.1, -0.05) is 0 Å². The number of aromatic nitrogens is 2. The van der Waals surface area contributed by atoms with Crippen LogP contribution in [0.1, 0.15) is 10.4 Å². The van der Waals surface area contributed by atoms with E-state index in [1.54, 1.807) is 29.8 Å². The Morgan fingerprint density at radius 2 is 1.90 bits per heavy atom. The molecule has 5 heteroatoms. The molecule has 100 valence electrons. The van der Waals surface area contributed by atoms with Crippen molar-refractivity contribution in [3.8, 4) is 17.0 Å². The molecule has 0 aliphatic rings. The van der Waals surface area contributed by atoms with E-state index in [2.05, 4.69) is 4.98 Å². The fourth-order valence-corrected chi connectivity index (χ4v) is 2.04. The summed E-state index contributed by atoms with van der Waals surface area (Å²) in [5.41, 5.74) is 8.30. The lowest BCUT2D eigenvalue weighted by Crippen LogP contribution is -2.11. The molecule has 3 aromatic rings. The standard InChI is InChI=1S/C15H13N3O2/c1-20-12-5-2-10(3-6-12)13-9-18-8-11(15(16)19)4-7-14(18)17-13/h2-9H,1H3,(H2,16,19). The average molecular weight is 267 g/mol. The van der Waals surface area contributed by atoms with Gasteiger partial charge in [-0.25, -0.2) is 4.98 Å². The van der Waals surface area contributed by atoms with E-state index in [1.807, 2.05) is 30.5 Å². The molecule has 0 bridgehead atoms. The predicted octanol–water partition coefficient (Wildman–Crippen LogP) is 2.11. The molecule has 3 rings (SSSR count). The van der Waals surface area contributed by atoms with Crippen LogP contribution in [0.4, 0.5) is 0 Å². The van der Waals surface area contributed by atoms with E-state index < -0.39 is 5.91 Å². The van der Waals surface area contributed by atoms with Gasteiger partial charge in [0.2, 0.25) is 5.91 Å². The third-order valence-corrected chi connectivity index (χ3v) is 3.12. The highest BCUT2D eigenvalue weighted by Gasteiger charge is 2.07. The maximum atomic E-state index is 11.2. The number of methoxy groups -OCH3 is 1. The number of nitrogens with zero attached hydrogens (tertiary/aromatic N) is 2. The van der Waals surface area contributed by atoms with Crippen LogP contribution in [0.2, 0.25) is 0 Å². The number of fused-ring (bicyclic) bond motifs is 1. The lowest BCUT2D eigenvalue weighted by Gasteiger charge is -1.99. The summed E-state index contributed by atoms with van der Waals surface area (Å²) in [6.45, 7) is 0. The van der Waals surface area contributed by atoms with Crippen LogP contribution in [0.5, 0.6) is 5.75 Å². The van der Waals surface area contributed by atoms with Gasteiger partial charge in [-0.2, -0.15) is 0 Å². The zero-order chi connectivity index (χ0) is 14.1. The number of ether oxygens (including phenoxy) is 1. The van der Waals surface area contributed by atoms with Crippen LogP contribution in [0.25, 0.3) is 16.9 Å². The Balaban J connectivity index is 2.05. The van der Waals surface area contributed by atoms with E-state index in [0.717, 1.165) is 22.7 Å². The summed E-state index contributed by atoms with van der Waals surface area (Å²) in [5, 5.41) is 0. The number of imidazole rings is 1. The molecule has 0 saturated heterocycles. The van der Waals surface area contributed by atoms with Crippen LogP contribution in [-0.2, 0) is 0 Å². The third kappa shape index (κ3) is 2.09. The molecule has 0 radical (unpaired) electrons. The number of hydrogen-bond acceptors (Lipinski definition) is 3. The normalized spacial score (nSPS) is 10.7. The highest BCUT2D eigenvalue weighted by atomic mass is 16.5. The first kappa shape index (κ1) is 12.2. The van der Waals surface area contributed by atoms with Crippen molar-refractivity contribution in [2.24, 2.45) is 5.73 Å². The largest absolute Gasteiger partial charge is 0.497 e. The van der Waals surface area contributed by atoms with E-state index in [4.69, 9.17) is 10.5 Å². The first-order chi connectivity index (χ1) is 9.67. The highest BCUT2D eigenvalue weighted by Crippen LogP contribution is 2.22. The summed E-state index contributed by atoms with van der Waals surface area (Å²) in [6, 6.07) is 11.1. The molecule has 1 aromatic carbocycles. The first-order valence-corrected chi connectivity index (χ1v) is 6.10. The minimum Gasteiger partial charge on any atom is -0.497 e. The third-order valence-electron chi connectivity index (χ3n) is 3.12. The summed E-state index contributed by atoms with van der Waals surface area (Å²) in [6.07, 6.45) is 3.54. The zero-order valence-corrected chi connectivity index (χ0v) is 10.9. The van der Waals surface area contributed by atoms with Crippen molar-refractivity contribution in [2.75, 3.05) is 7.11 Å². The molecular weight excluding hydrogens is 254 g/mol. The van der Waals surface area contributed by atoms with Crippen molar-refractivity contribution in [3.05, 3.63) is 54.4 Å². The number of carbonyl (C=O) groups excluding carboxylic acids is 1. The molecule has 2 N–H and O–H groups in total. The van der Waals surface area contributed by atoms with Gasteiger partial charge in [0, 0.05) is 18.0 Å². The first-order valence-electron chi connectivity index (χ1n) is 6.10. The van der Waals surface area contributed by atoms with E-state index in [-0.39, 0.29) is 0 Å². The molecule has 0 fully saturated rings. The number of carbonyl (C=O) groups is 1. The Kier molecular flexibility index (Phi) is 2.87. The molecule has 20 heavy (non-hydrogen) atoms. The molecule has 2 heterocycles. The molecule has 0 unspecified atom stereocenters. The van der Waals surface area contributed by atoms with Crippen molar-refractivity contribution in [1.82, 2.24) is 9.38 Å². The van der Waals surface area contributed by atoms with E-state index in [0.29, 0.717) is 5.56 Å². The van der Waals surface area contributed by atoms with Gasteiger partial charge in [-0.05, 0) is 36.4 Å². The number of rotatable bonds is 3. The number of benzene rings is 1. The van der Waals surface area contributed by atoms with Crippen LogP contribution < -0.4 is 10.5 Å². The molecule has 5 nitrogen and oxygen atoms in total. The second kappa shape index (κ2) is 4.70. The second-order valence-electron chi connectivity index (χ2n) is 4.40. The van der Waals surface area contributed by atoms with Crippen LogP contribution in [-0.4, -0.2) is 22.4 Å². The van der Waals surface area contributed by atoms with Gasteiger partial charge in [0.15, 0.2) is 0 Å². The van der Waals surface area contributed by atoms with Crippen molar-refractivity contribution in [1.29, 1.82) is 0 Å². The van der Waals surface area contributed by atoms with E-state index in [9.17, 15) is 4.79 Å². The summed E-state index contributed by atoms with van der Waals surface area (Å²) in [7, 11) is 1.63. The number of amides is 1. The summed E-state index contributed by atoms with van der Waals surface area (Å²) < 4.78 is 6.92. The van der Waals surface area contributed by atoms with Gasteiger partial charge in [0.05, 0.1) is 18.4 Å². The topological polar surface area (TPSA) is 69.6 Å². The SMILES string of the molecule is COc1ccc(-c2cn3cc(C(N)=O)ccc3n2)cc1. The van der Waals surface area contributed by atoms with Crippen molar-refractivity contribution >= 4 is 11.6 Å². The van der Waals surface area contributed by atoms with Gasteiger partial charge >= 0.3 is 0 Å². The van der Waals surface area contributed by atoms with Gasteiger partial charge in [0.1, 0.15) is 11.4 Å². The number of primary amides is 1. The highest BCUT2D eigenvalue weighted by molar-refractivity contribution is 5.92. The minimum absolute atomic E-state index is 0.452. The lowest BCUT2D eigenvalue weighted by atomic mass is 10.2. The number of hydrogen-bond donors (Lipinski definition) is 1. The molecule has 0 aliphatic carbocycles. The maximum Gasteiger partial charge on any atom is 0.250 e. The Morgan fingerprint density at radius 3 is 2.55 bits per heavy atom. The Hall–Kier alpha value is -2.82. The molecule has 1 amide bonds. The van der Waals surface area contributed by atoms with Crippen LogP contribution in [0.3, 0.4) is 0 Å². The molecule has 0 atom stereocenters. The van der Waals surface area contributed by atoms with Crippen molar-refractivity contribution < 1.29 is 9.53 Å². The smallest absolute Gasteiger partial charge is 0.250 e. The Morgan fingerprint density at radius 1 is 1.15 bits per heavy atom. The fourth-order valence-electron chi connectivity index (χ4n) is 2.04. The second-order valence-corrected chi connectivity index (χ2v) is 4.40. The van der Waals surface area contributed by atoms with Crippen LogP contribution in [0, 0.1) is 0 Å². The molecule has 0 saturated carbocycles. The number of pyridine rings is 1. The minimum atomic E-state index is -0.452. The molecule has 0 spiro atoms. The van der Waals surface area contributed by atoms with E-state index in [1.165, 1.54) is 0 Å². The van der Waals surface area contributed by atoms with Crippen LogP contribution >= 0.6 is 0 Å². The fraction of sp³-hybridized carbons (Fsp3) is 0.0667. The van der Waals surface area contributed by atoms with Gasteiger partial charge in [-0.15, -0.1) is 0 Å². The lowest BCUT2D eigenvalue weighted by molar-refractivity contribution is 0.1000. The monoisotopic (exact) mass is 267 g/mol. The predicted molar refractivity (Wildman–Crippen MR) is 75.7 cm³/mol. The Bertz CT molecular complexity index is 775. The van der Waals surface area contributed by atoms with E-state index >= 15 is 0 Å². The summed E-state index contributed by atoms with van der Waals surface area (Å²) in [5.74, 6) is 0.347. The van der Waals surface area contributed by atoms with Crippen LogP contribution in [0.15, 0.2) is 48.8 Å². The van der Waals surface area contributed by atoms with Crippen molar-refractivity contribution in [3.63, 3.8) is 0 Å². The van der Waals surface area contributed by atoms with Crippen molar-refractivity contribution in [2.45, 2.75) is 0 Å².